The molecule has 1 N–H and O–H groups in total. The summed E-state index contributed by atoms with van der Waals surface area (Å²) in [6, 6.07) is 0. The summed E-state index contributed by atoms with van der Waals surface area (Å²) in [5, 5.41) is 9.73. The number of hydrogen-bond acceptors (Lipinski definition) is 7. The normalized spacial score (nSPS) is 13.5. The van der Waals surface area contributed by atoms with Crippen molar-refractivity contribution in [3.8, 4) is 0 Å². The Morgan fingerprint density at radius 2 is 0.704 bits per heavy atom. The van der Waals surface area contributed by atoms with Crippen LogP contribution in [0.5, 0.6) is 0 Å². The number of quaternary nitrogens is 1. The first-order valence-electron chi connectivity index (χ1n) is 32.7. The number of carbonyl (C=O) groups excluding carboxylic acids is 2. The third kappa shape index (κ3) is 63.1. The van der Waals surface area contributed by atoms with Gasteiger partial charge in [0.15, 0.2) is 6.10 Å². The van der Waals surface area contributed by atoms with Crippen LogP contribution in [0.1, 0.15) is 258 Å². The lowest BCUT2D eigenvalue weighted by molar-refractivity contribution is -0.870. The minimum atomic E-state index is -1.52. The Morgan fingerprint density at radius 1 is 0.383 bits per heavy atom. The van der Waals surface area contributed by atoms with Crippen LogP contribution in [0.25, 0.3) is 0 Å². The molecular weight excluding hydrogens is 1010 g/mol. The van der Waals surface area contributed by atoms with E-state index < -0.39 is 24.3 Å². The Bertz CT molecular complexity index is 1740. The van der Waals surface area contributed by atoms with Gasteiger partial charge in [0.25, 0.3) is 6.29 Å². The number of unbranched alkanes of at least 4 members (excludes halogenated alkanes) is 24. The van der Waals surface area contributed by atoms with Gasteiger partial charge in [-0.05, 0) is 109 Å². The van der Waals surface area contributed by atoms with Crippen molar-refractivity contribution in [2.24, 2.45) is 0 Å². The first-order valence-corrected chi connectivity index (χ1v) is 32.7. The summed E-state index contributed by atoms with van der Waals surface area (Å²) in [6.07, 6.45) is 84.3. The van der Waals surface area contributed by atoms with Gasteiger partial charge >= 0.3 is 17.9 Å². The second-order valence-electron chi connectivity index (χ2n) is 22.7. The monoisotopic (exact) mass is 1130 g/mol. The largest absolute Gasteiger partial charge is 0.477 e. The Balaban J connectivity index is 4.24. The maximum absolute atomic E-state index is 12.9. The summed E-state index contributed by atoms with van der Waals surface area (Å²) in [7, 11) is 5.96. The molecule has 0 aliphatic carbocycles. The van der Waals surface area contributed by atoms with Crippen molar-refractivity contribution in [2.45, 2.75) is 270 Å². The third-order valence-electron chi connectivity index (χ3n) is 13.7. The van der Waals surface area contributed by atoms with E-state index in [9.17, 15) is 19.5 Å². The molecule has 462 valence electrons. The zero-order valence-electron chi connectivity index (χ0n) is 52.7. The molecule has 2 unspecified atom stereocenters. The van der Waals surface area contributed by atoms with Crippen molar-refractivity contribution < 1.29 is 42.9 Å². The fraction of sp³-hybridized carbons (Fsp3) is 0.681. The van der Waals surface area contributed by atoms with Crippen LogP contribution in [-0.2, 0) is 33.3 Å². The highest BCUT2D eigenvalue weighted by molar-refractivity contribution is 5.71. The van der Waals surface area contributed by atoms with Crippen LogP contribution in [0.15, 0.2) is 122 Å². The van der Waals surface area contributed by atoms with E-state index in [0.29, 0.717) is 23.9 Å². The maximum Gasteiger partial charge on any atom is 0.361 e. The zero-order valence-corrected chi connectivity index (χ0v) is 52.7. The smallest absolute Gasteiger partial charge is 0.361 e. The Hall–Kier alpha value is -4.31. The number of hydrogen-bond donors (Lipinski definition) is 1. The molecule has 0 aromatic rings. The molecular formula is C72H122NO8+. The third-order valence-corrected chi connectivity index (χ3v) is 13.7. The molecule has 0 rings (SSSR count). The number of rotatable bonds is 59. The SMILES string of the molecule is CC/C=C\C/C=C\C/C=C\C/C=C\C/C=C\C/C=C\C/C=C\CCCCCCCC(=O)OC(COC(=O)CCCCCCCCCCCCCCCC/C=C\C/C=C\C/C=C\CCCCCCC)COC(OCC[N+](C)(C)C)C(=O)O. The zero-order chi connectivity index (χ0) is 59.1. The standard InChI is InChI=1S/C72H121NO8/c1-6-8-10-12-14-16-18-20-22-24-26-28-30-32-34-35-37-38-40-42-44-46-48-50-52-54-56-58-60-62-69(74)79-66-68(67-80-72(71(76)77)78-65-64-73(3,4)5)81-70(75)63-61-59-57-55-53-51-49-47-45-43-41-39-36-33-31-29-27-25-23-21-19-17-15-13-11-9-7-2/h9,11,15,17-18,20-21,23-24,26-27,29-30,32-33,36,41,43,47,49,68,72H,6-8,10,12-14,16,19,22,25,28,31,34-35,37-40,42,44-46,48,50-67H2,1-5H3/p+1/b11-9-,17-15-,20-18-,23-21-,26-24-,29-27-,32-30-,36-33-,43-41-,49-47-. The first-order chi connectivity index (χ1) is 39.6. The Labute approximate surface area is 497 Å². The number of likely N-dealkylation sites (N-methyl/N-ethyl adjacent to an activating group) is 1. The highest BCUT2D eigenvalue weighted by atomic mass is 16.7. The number of esters is 2. The van der Waals surface area contributed by atoms with E-state index in [1.54, 1.807) is 0 Å². The van der Waals surface area contributed by atoms with Crippen molar-refractivity contribution >= 4 is 17.9 Å². The highest BCUT2D eigenvalue weighted by Crippen LogP contribution is 2.16. The number of allylic oxidation sites excluding steroid dienone is 20. The molecule has 81 heavy (non-hydrogen) atoms. The van der Waals surface area contributed by atoms with Crippen LogP contribution < -0.4 is 0 Å². The van der Waals surface area contributed by atoms with Crippen molar-refractivity contribution in [3.63, 3.8) is 0 Å². The quantitative estimate of drug-likeness (QED) is 0.0211. The van der Waals surface area contributed by atoms with Crippen LogP contribution in [-0.4, -0.2) is 87.4 Å². The summed E-state index contributed by atoms with van der Waals surface area (Å²) < 4.78 is 22.9. The molecule has 0 amide bonds. The molecule has 0 heterocycles. The summed E-state index contributed by atoms with van der Waals surface area (Å²) >= 11 is 0. The fourth-order valence-electron chi connectivity index (χ4n) is 8.71. The van der Waals surface area contributed by atoms with Crippen molar-refractivity contribution in [2.75, 3.05) is 47.5 Å². The van der Waals surface area contributed by atoms with E-state index in [-0.39, 0.29) is 32.2 Å². The predicted molar refractivity (Wildman–Crippen MR) is 345 cm³/mol. The van der Waals surface area contributed by atoms with E-state index in [1.165, 1.54) is 116 Å². The molecule has 0 aliphatic rings. The molecule has 0 spiro atoms. The van der Waals surface area contributed by atoms with Gasteiger partial charge in [-0.25, -0.2) is 4.79 Å². The molecule has 0 aromatic carbocycles. The average molecular weight is 1130 g/mol. The van der Waals surface area contributed by atoms with Gasteiger partial charge in [0.05, 0.1) is 34.4 Å². The number of nitrogens with zero attached hydrogens (tertiary/aromatic N) is 1. The molecule has 0 radical (unpaired) electrons. The van der Waals surface area contributed by atoms with Gasteiger partial charge in [0.1, 0.15) is 13.2 Å². The molecule has 0 bridgehead atoms. The second kappa shape index (κ2) is 61.8. The number of carbonyl (C=O) groups is 3. The van der Waals surface area contributed by atoms with Crippen LogP contribution >= 0.6 is 0 Å². The Morgan fingerprint density at radius 3 is 1.05 bits per heavy atom. The number of carboxylic acid groups (broad SMARTS) is 1. The summed E-state index contributed by atoms with van der Waals surface area (Å²) in [5.74, 6) is -2.04. The fourth-order valence-corrected chi connectivity index (χ4v) is 8.71. The van der Waals surface area contributed by atoms with Gasteiger partial charge in [-0.1, -0.05) is 257 Å². The summed E-state index contributed by atoms with van der Waals surface area (Å²) in [6.45, 7) is 4.73. The van der Waals surface area contributed by atoms with Gasteiger partial charge in [-0.3, -0.25) is 9.59 Å². The first kappa shape index (κ1) is 76.7. The number of aliphatic carboxylic acids is 1. The maximum atomic E-state index is 12.9. The van der Waals surface area contributed by atoms with Crippen LogP contribution in [0.3, 0.4) is 0 Å². The highest BCUT2D eigenvalue weighted by Gasteiger charge is 2.25. The lowest BCUT2D eigenvalue weighted by Crippen LogP contribution is -2.40. The second-order valence-corrected chi connectivity index (χ2v) is 22.7. The van der Waals surface area contributed by atoms with E-state index in [2.05, 4.69) is 135 Å². The summed E-state index contributed by atoms with van der Waals surface area (Å²) in [4.78, 5) is 37.6. The number of carboxylic acids is 1. The van der Waals surface area contributed by atoms with Crippen LogP contribution in [0.4, 0.5) is 0 Å². The van der Waals surface area contributed by atoms with Crippen molar-refractivity contribution in [3.05, 3.63) is 122 Å². The predicted octanol–water partition coefficient (Wildman–Crippen LogP) is 20.0. The van der Waals surface area contributed by atoms with E-state index >= 15 is 0 Å². The van der Waals surface area contributed by atoms with Gasteiger partial charge < -0.3 is 28.5 Å². The molecule has 0 aromatic heterocycles. The lowest BCUT2D eigenvalue weighted by Gasteiger charge is -2.25. The van der Waals surface area contributed by atoms with Crippen molar-refractivity contribution in [1.82, 2.24) is 0 Å². The van der Waals surface area contributed by atoms with E-state index in [1.807, 2.05) is 21.1 Å². The van der Waals surface area contributed by atoms with E-state index in [0.717, 1.165) is 109 Å². The summed E-state index contributed by atoms with van der Waals surface area (Å²) in [5.41, 5.74) is 0. The molecule has 0 fully saturated rings. The van der Waals surface area contributed by atoms with Crippen molar-refractivity contribution in [1.29, 1.82) is 0 Å². The average Bonchev–Trinajstić information content (AvgIpc) is 3.44. The molecule has 0 saturated heterocycles. The molecule has 2 atom stereocenters. The van der Waals surface area contributed by atoms with Gasteiger partial charge in [0, 0.05) is 12.8 Å². The van der Waals surface area contributed by atoms with Crippen LogP contribution in [0, 0.1) is 0 Å². The lowest BCUT2D eigenvalue weighted by atomic mass is 10.0. The van der Waals surface area contributed by atoms with Gasteiger partial charge in [-0.15, -0.1) is 0 Å². The molecule has 9 nitrogen and oxygen atoms in total. The van der Waals surface area contributed by atoms with E-state index in [4.69, 9.17) is 18.9 Å². The minimum Gasteiger partial charge on any atom is -0.477 e. The number of ether oxygens (including phenoxy) is 4. The minimum absolute atomic E-state index is 0.177. The van der Waals surface area contributed by atoms with Gasteiger partial charge in [-0.2, -0.15) is 0 Å². The molecule has 9 heteroatoms. The molecule has 0 aliphatic heterocycles. The van der Waals surface area contributed by atoms with Gasteiger partial charge in [0.2, 0.25) is 0 Å². The molecule has 0 saturated carbocycles. The van der Waals surface area contributed by atoms with Crippen LogP contribution in [0.2, 0.25) is 0 Å². The topological polar surface area (TPSA) is 108 Å². The Kier molecular flexibility index (Phi) is 58.5.